The number of nitrogens with one attached hydrogen (secondary N) is 1. The quantitative estimate of drug-likeness (QED) is 0.582. The molecule has 0 spiro atoms. The number of amides is 1. The van der Waals surface area contributed by atoms with Crippen LogP contribution in [0.1, 0.15) is 36.8 Å². The van der Waals surface area contributed by atoms with E-state index in [9.17, 15) is 4.79 Å². The molecule has 0 unspecified atom stereocenters. The average molecular weight is 491 g/mol. The minimum absolute atomic E-state index is 0.329. The Morgan fingerprint density at radius 2 is 1.72 bits per heavy atom. The summed E-state index contributed by atoms with van der Waals surface area (Å²) in [7, 11) is 1.73. The Balaban J connectivity index is 1.03. The normalized spacial score (nSPS) is 25.0. The smallest absolute Gasteiger partial charge is 0.222 e. The van der Waals surface area contributed by atoms with Crippen molar-refractivity contribution in [2.75, 3.05) is 52.9 Å². The number of likely N-dealkylation sites (tertiary alicyclic amines) is 1. The number of para-hydroxylation sites is 1. The fourth-order valence-electron chi connectivity index (χ4n) is 6.44. The van der Waals surface area contributed by atoms with Crippen LogP contribution < -0.4 is 10.1 Å². The highest BCUT2D eigenvalue weighted by Crippen LogP contribution is 2.31. The Kier molecular flexibility index (Phi) is 8.57. The van der Waals surface area contributed by atoms with E-state index in [1.54, 1.807) is 7.11 Å². The number of carbonyl (C=O) groups excluding carboxylic acids is 1. The van der Waals surface area contributed by atoms with Gasteiger partial charge in [0, 0.05) is 70.4 Å². The second-order valence-corrected chi connectivity index (χ2v) is 10.9. The van der Waals surface area contributed by atoms with Gasteiger partial charge in [-0.2, -0.15) is 0 Å². The van der Waals surface area contributed by atoms with Gasteiger partial charge in [-0.05, 0) is 49.3 Å². The van der Waals surface area contributed by atoms with Crippen molar-refractivity contribution in [3.63, 3.8) is 0 Å². The van der Waals surface area contributed by atoms with E-state index in [-0.39, 0.29) is 0 Å². The van der Waals surface area contributed by atoms with Crippen LogP contribution in [-0.2, 0) is 17.9 Å². The van der Waals surface area contributed by atoms with Crippen LogP contribution in [0.2, 0.25) is 0 Å². The third-order valence-electron chi connectivity index (χ3n) is 8.35. The summed E-state index contributed by atoms with van der Waals surface area (Å²) in [6.45, 7) is 8.93. The van der Waals surface area contributed by atoms with Gasteiger partial charge in [0.15, 0.2) is 0 Å². The highest BCUT2D eigenvalue weighted by molar-refractivity contribution is 5.76. The lowest BCUT2D eigenvalue weighted by Gasteiger charge is -2.46. The van der Waals surface area contributed by atoms with Crippen molar-refractivity contribution in [3.8, 4) is 5.75 Å². The van der Waals surface area contributed by atoms with Gasteiger partial charge in [0.2, 0.25) is 5.91 Å². The van der Waals surface area contributed by atoms with Crippen LogP contribution in [0.3, 0.4) is 0 Å². The van der Waals surface area contributed by atoms with Crippen LogP contribution in [0.25, 0.3) is 0 Å². The van der Waals surface area contributed by atoms with Crippen molar-refractivity contribution in [2.45, 2.75) is 44.8 Å². The number of hydrogen-bond acceptors (Lipinski definition) is 5. The standard InChI is InChI=1S/C30H42N4O2/c1-36-29-12-6-5-10-26(29)22-32-14-16-34(17-15-32)30(35)13-7-11-28-27-18-25(19-31-28)21-33(23-27)20-24-8-3-2-4-9-24/h2-6,8-10,12,25,27-28,31H,7,11,13-23H2,1H3/t25-,27-,28+/m0/s1. The fraction of sp³-hybridized carbons (Fsp3) is 0.567. The molecule has 0 radical (unpaired) electrons. The van der Waals surface area contributed by atoms with Gasteiger partial charge in [-0.15, -0.1) is 0 Å². The molecule has 0 aromatic heterocycles. The molecule has 2 aromatic rings. The minimum Gasteiger partial charge on any atom is -0.496 e. The van der Waals surface area contributed by atoms with Crippen molar-refractivity contribution in [3.05, 3.63) is 65.7 Å². The number of benzene rings is 2. The first kappa shape index (κ1) is 25.2. The van der Waals surface area contributed by atoms with Crippen LogP contribution >= 0.6 is 0 Å². The second kappa shape index (κ2) is 12.2. The Hall–Kier alpha value is -2.41. The van der Waals surface area contributed by atoms with E-state index in [1.165, 1.54) is 30.6 Å². The first-order valence-electron chi connectivity index (χ1n) is 13.8. The maximum absolute atomic E-state index is 12.9. The third kappa shape index (κ3) is 6.47. The molecule has 1 N–H and O–H groups in total. The van der Waals surface area contributed by atoms with Gasteiger partial charge in [0.1, 0.15) is 5.75 Å². The molecule has 5 rings (SSSR count). The predicted molar refractivity (Wildman–Crippen MR) is 144 cm³/mol. The number of piperidine rings is 2. The maximum Gasteiger partial charge on any atom is 0.222 e. The molecular formula is C30H42N4O2. The monoisotopic (exact) mass is 490 g/mol. The molecular weight excluding hydrogens is 448 g/mol. The van der Waals surface area contributed by atoms with Gasteiger partial charge >= 0.3 is 0 Å². The molecule has 36 heavy (non-hydrogen) atoms. The first-order chi connectivity index (χ1) is 17.7. The predicted octanol–water partition coefficient (Wildman–Crippen LogP) is 3.62. The van der Waals surface area contributed by atoms with Crippen LogP contribution in [0.4, 0.5) is 0 Å². The zero-order valence-corrected chi connectivity index (χ0v) is 21.8. The molecule has 6 nitrogen and oxygen atoms in total. The van der Waals surface area contributed by atoms with Gasteiger partial charge in [-0.1, -0.05) is 48.5 Å². The molecule has 3 fully saturated rings. The van der Waals surface area contributed by atoms with Gasteiger partial charge in [0.05, 0.1) is 7.11 Å². The number of nitrogens with zero attached hydrogens (tertiary/aromatic N) is 3. The highest BCUT2D eigenvalue weighted by Gasteiger charge is 2.36. The molecule has 2 aromatic carbocycles. The van der Waals surface area contributed by atoms with Crippen molar-refractivity contribution >= 4 is 5.91 Å². The summed E-state index contributed by atoms with van der Waals surface area (Å²) in [4.78, 5) is 20.1. The topological polar surface area (TPSA) is 48.1 Å². The van der Waals surface area contributed by atoms with E-state index < -0.39 is 0 Å². The summed E-state index contributed by atoms with van der Waals surface area (Å²) < 4.78 is 5.50. The Morgan fingerprint density at radius 1 is 0.944 bits per heavy atom. The summed E-state index contributed by atoms with van der Waals surface area (Å²) in [5.74, 6) is 2.74. The average Bonchev–Trinajstić information content (AvgIpc) is 2.91. The second-order valence-electron chi connectivity index (χ2n) is 10.9. The zero-order valence-electron chi connectivity index (χ0n) is 21.8. The minimum atomic E-state index is 0.329. The van der Waals surface area contributed by atoms with Crippen molar-refractivity contribution in [1.29, 1.82) is 0 Å². The largest absolute Gasteiger partial charge is 0.496 e. The van der Waals surface area contributed by atoms with Gasteiger partial charge in [0.25, 0.3) is 0 Å². The lowest BCUT2D eigenvalue weighted by atomic mass is 9.79. The van der Waals surface area contributed by atoms with Crippen LogP contribution in [0.5, 0.6) is 5.75 Å². The number of piperazine rings is 1. The number of ether oxygens (including phenoxy) is 1. The van der Waals surface area contributed by atoms with E-state index >= 15 is 0 Å². The zero-order chi connectivity index (χ0) is 24.7. The Bertz CT molecular complexity index is 976. The molecule has 3 saturated heterocycles. The van der Waals surface area contributed by atoms with Gasteiger partial charge < -0.3 is 15.0 Å². The van der Waals surface area contributed by atoms with E-state index in [0.717, 1.165) is 70.3 Å². The molecule has 6 heteroatoms. The van der Waals surface area contributed by atoms with Crippen molar-refractivity contribution in [2.24, 2.45) is 11.8 Å². The molecule has 2 bridgehead atoms. The van der Waals surface area contributed by atoms with Gasteiger partial charge in [-0.25, -0.2) is 0 Å². The van der Waals surface area contributed by atoms with E-state index in [2.05, 4.69) is 62.5 Å². The summed E-state index contributed by atoms with van der Waals surface area (Å²) in [5.41, 5.74) is 2.63. The van der Waals surface area contributed by atoms with Crippen molar-refractivity contribution < 1.29 is 9.53 Å². The molecule has 1 amide bonds. The molecule has 3 heterocycles. The molecule has 3 aliphatic heterocycles. The van der Waals surface area contributed by atoms with Crippen LogP contribution in [-0.4, -0.2) is 79.6 Å². The highest BCUT2D eigenvalue weighted by atomic mass is 16.5. The van der Waals surface area contributed by atoms with Crippen molar-refractivity contribution in [1.82, 2.24) is 20.0 Å². The summed E-state index contributed by atoms with van der Waals surface area (Å²) >= 11 is 0. The Morgan fingerprint density at radius 3 is 2.53 bits per heavy atom. The number of rotatable bonds is 9. The van der Waals surface area contributed by atoms with Crippen LogP contribution in [0, 0.1) is 11.8 Å². The number of fused-ring (bicyclic) bond motifs is 2. The lowest BCUT2D eigenvalue weighted by Crippen LogP contribution is -2.55. The van der Waals surface area contributed by atoms with Crippen LogP contribution in [0.15, 0.2) is 54.6 Å². The molecule has 0 saturated carbocycles. The first-order valence-corrected chi connectivity index (χ1v) is 13.8. The molecule has 3 atom stereocenters. The summed E-state index contributed by atoms with van der Waals surface area (Å²) in [6, 6.07) is 19.6. The molecule has 3 aliphatic rings. The van der Waals surface area contributed by atoms with Gasteiger partial charge in [-0.3, -0.25) is 14.6 Å². The third-order valence-corrected chi connectivity index (χ3v) is 8.35. The van der Waals surface area contributed by atoms with E-state index in [0.29, 0.717) is 24.3 Å². The number of hydrogen-bond donors (Lipinski definition) is 1. The number of carbonyl (C=O) groups is 1. The van der Waals surface area contributed by atoms with E-state index in [4.69, 9.17) is 4.74 Å². The SMILES string of the molecule is COc1ccccc1CN1CCN(C(=O)CCC[C@H]2NC[C@@H]3C[C@H]2CN(Cc2ccccc2)C3)CC1. The maximum atomic E-state index is 12.9. The summed E-state index contributed by atoms with van der Waals surface area (Å²) in [6.07, 6.45) is 4.10. The molecule has 0 aliphatic carbocycles. The van der Waals surface area contributed by atoms with E-state index in [1.807, 2.05) is 12.1 Å². The lowest BCUT2D eigenvalue weighted by molar-refractivity contribution is -0.133. The Labute approximate surface area is 216 Å². The fourth-order valence-corrected chi connectivity index (χ4v) is 6.44. The number of methoxy groups -OCH3 is 1. The molecule has 194 valence electrons. The summed E-state index contributed by atoms with van der Waals surface area (Å²) in [5, 5.41) is 3.83.